The SMILES string of the molecule is Cl.NCCCCCNS(=O)(=O)c1ccccc1. The molecule has 0 aromatic heterocycles. The highest BCUT2D eigenvalue weighted by atomic mass is 35.5. The molecule has 0 bridgehead atoms. The van der Waals surface area contributed by atoms with Crippen LogP contribution in [-0.4, -0.2) is 21.5 Å². The molecule has 98 valence electrons. The number of unbranched alkanes of at least 4 members (excludes halogenated alkanes) is 2. The van der Waals surface area contributed by atoms with E-state index in [0.29, 0.717) is 18.0 Å². The average molecular weight is 279 g/mol. The van der Waals surface area contributed by atoms with Gasteiger partial charge in [0.1, 0.15) is 0 Å². The maximum atomic E-state index is 11.7. The minimum absolute atomic E-state index is 0. The van der Waals surface area contributed by atoms with Crippen LogP contribution in [0.25, 0.3) is 0 Å². The van der Waals surface area contributed by atoms with Gasteiger partial charge in [0.2, 0.25) is 10.0 Å². The maximum absolute atomic E-state index is 11.7. The van der Waals surface area contributed by atoms with E-state index in [1.807, 2.05) is 0 Å². The van der Waals surface area contributed by atoms with Crippen molar-refractivity contribution in [2.45, 2.75) is 24.2 Å². The molecule has 1 aromatic carbocycles. The van der Waals surface area contributed by atoms with Gasteiger partial charge in [-0.3, -0.25) is 0 Å². The molecule has 0 fully saturated rings. The Balaban J connectivity index is 0.00000256. The summed E-state index contributed by atoms with van der Waals surface area (Å²) in [6, 6.07) is 8.39. The number of nitrogens with two attached hydrogens (primary N) is 1. The molecule has 17 heavy (non-hydrogen) atoms. The summed E-state index contributed by atoms with van der Waals surface area (Å²) < 4.78 is 26.0. The molecule has 0 aliphatic rings. The van der Waals surface area contributed by atoms with Gasteiger partial charge in [0.05, 0.1) is 4.90 Å². The predicted molar refractivity (Wildman–Crippen MR) is 71.8 cm³/mol. The molecule has 3 N–H and O–H groups in total. The largest absolute Gasteiger partial charge is 0.330 e. The van der Waals surface area contributed by atoms with Gasteiger partial charge in [0.25, 0.3) is 0 Å². The monoisotopic (exact) mass is 278 g/mol. The van der Waals surface area contributed by atoms with Gasteiger partial charge in [0, 0.05) is 6.54 Å². The highest BCUT2D eigenvalue weighted by molar-refractivity contribution is 7.89. The minimum Gasteiger partial charge on any atom is -0.330 e. The lowest BCUT2D eigenvalue weighted by atomic mass is 10.2. The smallest absolute Gasteiger partial charge is 0.240 e. The van der Waals surface area contributed by atoms with Gasteiger partial charge in [-0.1, -0.05) is 24.6 Å². The predicted octanol–water partition coefficient (Wildman–Crippen LogP) is 1.52. The normalized spacial score (nSPS) is 10.9. The van der Waals surface area contributed by atoms with E-state index in [9.17, 15) is 8.42 Å². The van der Waals surface area contributed by atoms with Crippen molar-refractivity contribution in [2.24, 2.45) is 5.73 Å². The lowest BCUT2D eigenvalue weighted by Gasteiger charge is -2.05. The zero-order chi connectivity index (χ0) is 11.9. The number of sulfonamides is 1. The molecular formula is C11H19ClN2O2S. The fraction of sp³-hybridized carbons (Fsp3) is 0.455. The first-order valence-electron chi connectivity index (χ1n) is 5.41. The van der Waals surface area contributed by atoms with Gasteiger partial charge < -0.3 is 5.73 Å². The first-order valence-corrected chi connectivity index (χ1v) is 6.90. The third-order valence-electron chi connectivity index (χ3n) is 2.23. The topological polar surface area (TPSA) is 72.2 Å². The second-order valence-electron chi connectivity index (χ2n) is 3.56. The van der Waals surface area contributed by atoms with Crippen LogP contribution in [0.15, 0.2) is 35.2 Å². The van der Waals surface area contributed by atoms with Crippen molar-refractivity contribution in [3.8, 4) is 0 Å². The van der Waals surface area contributed by atoms with Gasteiger partial charge >= 0.3 is 0 Å². The molecule has 0 spiro atoms. The Morgan fingerprint density at radius 2 is 1.71 bits per heavy atom. The van der Waals surface area contributed by atoms with Crippen molar-refractivity contribution >= 4 is 22.4 Å². The molecule has 1 rings (SSSR count). The van der Waals surface area contributed by atoms with Crippen LogP contribution in [-0.2, 0) is 10.0 Å². The maximum Gasteiger partial charge on any atom is 0.240 e. The molecule has 6 heteroatoms. The van der Waals surface area contributed by atoms with E-state index in [2.05, 4.69) is 4.72 Å². The van der Waals surface area contributed by atoms with Crippen LogP contribution in [0.1, 0.15) is 19.3 Å². The summed E-state index contributed by atoms with van der Waals surface area (Å²) in [4.78, 5) is 0.314. The molecule has 0 amide bonds. The molecule has 1 aromatic rings. The molecule has 4 nitrogen and oxygen atoms in total. The van der Waals surface area contributed by atoms with Crippen LogP contribution in [0.2, 0.25) is 0 Å². The Hall–Kier alpha value is -0.620. The van der Waals surface area contributed by atoms with E-state index in [0.717, 1.165) is 19.3 Å². The molecule has 0 aliphatic heterocycles. The fourth-order valence-corrected chi connectivity index (χ4v) is 2.43. The Labute approximate surface area is 109 Å². The third kappa shape index (κ3) is 6.02. The first-order chi connectivity index (χ1) is 7.67. The van der Waals surface area contributed by atoms with Gasteiger partial charge in [-0.15, -0.1) is 12.4 Å². The summed E-state index contributed by atoms with van der Waals surface area (Å²) in [5, 5.41) is 0. The second kappa shape index (κ2) is 8.47. The van der Waals surface area contributed by atoms with Crippen molar-refractivity contribution in [3.05, 3.63) is 30.3 Å². The fourth-order valence-electron chi connectivity index (χ4n) is 1.34. The van der Waals surface area contributed by atoms with Crippen LogP contribution in [0.4, 0.5) is 0 Å². The summed E-state index contributed by atoms with van der Waals surface area (Å²) in [5.74, 6) is 0. The Morgan fingerprint density at radius 3 is 2.29 bits per heavy atom. The van der Waals surface area contributed by atoms with E-state index >= 15 is 0 Å². The van der Waals surface area contributed by atoms with Gasteiger partial charge in [-0.2, -0.15) is 0 Å². The lowest BCUT2D eigenvalue weighted by molar-refractivity contribution is 0.575. The molecule has 0 unspecified atom stereocenters. The number of halogens is 1. The minimum atomic E-state index is -3.33. The number of rotatable bonds is 7. The second-order valence-corrected chi connectivity index (χ2v) is 5.33. The lowest BCUT2D eigenvalue weighted by Crippen LogP contribution is -2.24. The molecule has 0 atom stereocenters. The van der Waals surface area contributed by atoms with E-state index in [1.165, 1.54) is 0 Å². The van der Waals surface area contributed by atoms with Crippen LogP contribution in [0, 0.1) is 0 Å². The Kier molecular flexibility index (Phi) is 8.16. The van der Waals surface area contributed by atoms with E-state index in [4.69, 9.17) is 5.73 Å². The van der Waals surface area contributed by atoms with Crippen molar-refractivity contribution in [1.29, 1.82) is 0 Å². The third-order valence-corrected chi connectivity index (χ3v) is 3.70. The van der Waals surface area contributed by atoms with Crippen molar-refractivity contribution in [2.75, 3.05) is 13.1 Å². The number of hydrogen-bond acceptors (Lipinski definition) is 3. The quantitative estimate of drug-likeness (QED) is 0.743. The summed E-state index contributed by atoms with van der Waals surface area (Å²) in [6.07, 6.45) is 2.71. The van der Waals surface area contributed by atoms with Gasteiger partial charge in [-0.05, 0) is 31.5 Å². The van der Waals surface area contributed by atoms with Gasteiger partial charge in [0.15, 0.2) is 0 Å². The summed E-state index contributed by atoms with van der Waals surface area (Å²) in [7, 11) is -3.33. The Morgan fingerprint density at radius 1 is 1.06 bits per heavy atom. The van der Waals surface area contributed by atoms with Crippen molar-refractivity contribution in [3.63, 3.8) is 0 Å². The van der Waals surface area contributed by atoms with Gasteiger partial charge in [-0.25, -0.2) is 13.1 Å². The van der Waals surface area contributed by atoms with Crippen LogP contribution < -0.4 is 10.5 Å². The molecule has 0 saturated carbocycles. The summed E-state index contributed by atoms with van der Waals surface area (Å²) in [6.45, 7) is 1.13. The van der Waals surface area contributed by atoms with Crippen LogP contribution in [0.3, 0.4) is 0 Å². The number of hydrogen-bond donors (Lipinski definition) is 2. The van der Waals surface area contributed by atoms with Crippen LogP contribution >= 0.6 is 12.4 Å². The molecule has 0 heterocycles. The highest BCUT2D eigenvalue weighted by Gasteiger charge is 2.11. The molecule has 0 radical (unpaired) electrons. The van der Waals surface area contributed by atoms with Crippen LogP contribution in [0.5, 0.6) is 0 Å². The number of benzene rings is 1. The molecular weight excluding hydrogens is 260 g/mol. The van der Waals surface area contributed by atoms with Crippen molar-refractivity contribution in [1.82, 2.24) is 4.72 Å². The van der Waals surface area contributed by atoms with E-state index < -0.39 is 10.0 Å². The zero-order valence-corrected chi connectivity index (χ0v) is 11.3. The van der Waals surface area contributed by atoms with Crippen molar-refractivity contribution < 1.29 is 8.42 Å². The highest BCUT2D eigenvalue weighted by Crippen LogP contribution is 2.07. The molecule has 0 saturated heterocycles. The molecule has 0 aliphatic carbocycles. The summed E-state index contributed by atoms with van der Waals surface area (Å²) >= 11 is 0. The first kappa shape index (κ1) is 16.4. The average Bonchev–Trinajstić information content (AvgIpc) is 2.30. The summed E-state index contributed by atoms with van der Waals surface area (Å²) in [5.41, 5.74) is 5.35. The number of nitrogens with one attached hydrogen (secondary N) is 1. The zero-order valence-electron chi connectivity index (χ0n) is 9.63. The standard InChI is InChI=1S/C11H18N2O2S.ClH/c12-9-5-2-6-10-13-16(14,15)11-7-3-1-4-8-11;/h1,3-4,7-8,13H,2,5-6,9-10,12H2;1H. The van der Waals surface area contributed by atoms with E-state index in [-0.39, 0.29) is 12.4 Å². The Bertz CT molecular complexity index is 395. The van der Waals surface area contributed by atoms with E-state index in [1.54, 1.807) is 30.3 Å².